The Balaban J connectivity index is 1.39. The third-order valence-electron chi connectivity index (χ3n) is 6.76. The van der Waals surface area contributed by atoms with Crippen molar-refractivity contribution in [1.82, 2.24) is 5.32 Å². The van der Waals surface area contributed by atoms with E-state index < -0.39 is 32.3 Å². The molecule has 0 bridgehead atoms. The zero-order valence-corrected chi connectivity index (χ0v) is 24.2. The van der Waals surface area contributed by atoms with Crippen LogP contribution in [0, 0.1) is 0 Å². The van der Waals surface area contributed by atoms with Crippen molar-refractivity contribution < 1.29 is 22.3 Å². The van der Waals surface area contributed by atoms with Crippen LogP contribution in [-0.2, 0) is 31.6 Å². The second-order valence-corrected chi connectivity index (χ2v) is 13.3. The number of nitrogens with one attached hydrogen (secondary N) is 2. The Kier molecular flexibility index (Phi) is 8.01. The highest BCUT2D eigenvalue weighted by Crippen LogP contribution is 2.46. The lowest BCUT2D eigenvalue weighted by molar-refractivity contribution is 0.00692. The largest absolute Gasteiger partial charge is 0.480 e. The molecular weight excluding hydrogens is 599 g/mol. The number of hydrogen-bond acceptors (Lipinski definition) is 8. The molecule has 4 N–H and O–H groups in total. The molecule has 4 unspecified atom stereocenters. The van der Waals surface area contributed by atoms with Crippen molar-refractivity contribution in [3.63, 3.8) is 0 Å². The molecule has 2 aromatic rings. The molecule has 4 atom stereocenters. The highest BCUT2D eigenvalue weighted by Gasteiger charge is 2.48. The van der Waals surface area contributed by atoms with Crippen molar-refractivity contribution >= 4 is 37.8 Å². The van der Waals surface area contributed by atoms with E-state index in [0.29, 0.717) is 16.9 Å². The average molecular weight is 630 g/mol. The van der Waals surface area contributed by atoms with Crippen LogP contribution in [-0.4, -0.2) is 44.0 Å². The Bertz CT molecular complexity index is 1520. The maximum atomic E-state index is 15.8. The van der Waals surface area contributed by atoms with E-state index in [1.807, 2.05) is 60.7 Å². The molecule has 0 aromatic heterocycles. The minimum atomic E-state index is -3.06. The SMILES string of the molecule is CS(=O)(=O)CCNC=C1C=CC(c2ccc3c(c2)C(N)(C2=CC=CC(F)(Br)C2OCc2ccccc2)N=CN3)O1. The second kappa shape index (κ2) is 11.3. The van der Waals surface area contributed by atoms with Crippen molar-refractivity contribution in [3.8, 4) is 0 Å². The summed E-state index contributed by atoms with van der Waals surface area (Å²) >= 11 is 3.20. The van der Waals surface area contributed by atoms with Crippen LogP contribution < -0.4 is 16.4 Å². The van der Waals surface area contributed by atoms with Crippen LogP contribution in [0.1, 0.15) is 22.8 Å². The highest BCUT2D eigenvalue weighted by atomic mass is 79.9. The Labute approximate surface area is 241 Å². The zero-order chi connectivity index (χ0) is 28.4. The summed E-state index contributed by atoms with van der Waals surface area (Å²) in [7, 11) is -3.06. The molecule has 11 heteroatoms. The van der Waals surface area contributed by atoms with Crippen molar-refractivity contribution in [2.75, 3.05) is 23.9 Å². The standard InChI is InChI=1S/C29H30BrFN4O4S/c1-40(36,37)15-14-33-17-22-10-12-26(39-22)21-9-11-25-24(16-21)29(32,35-19-34-25)23-8-5-13-28(30,31)27(23)38-18-20-6-3-2-4-7-20/h2-13,16-17,19,26-27,33H,14-15,18,32H2,1H3,(H,34,35). The molecule has 0 radical (unpaired) electrons. The summed E-state index contributed by atoms with van der Waals surface area (Å²) in [5.74, 6) is 0.596. The number of aliphatic imine (C=N–C) groups is 1. The van der Waals surface area contributed by atoms with Gasteiger partial charge in [-0.2, -0.15) is 0 Å². The van der Waals surface area contributed by atoms with Crippen LogP contribution >= 0.6 is 15.9 Å². The summed E-state index contributed by atoms with van der Waals surface area (Å²) in [6, 6.07) is 15.2. The molecule has 8 nitrogen and oxygen atoms in total. The Hall–Kier alpha value is -3.25. The van der Waals surface area contributed by atoms with Gasteiger partial charge < -0.3 is 20.1 Å². The molecule has 0 saturated carbocycles. The van der Waals surface area contributed by atoms with Crippen LogP contribution in [0.5, 0.6) is 0 Å². The lowest BCUT2D eigenvalue weighted by Crippen LogP contribution is -2.49. The predicted octanol–water partition coefficient (Wildman–Crippen LogP) is 4.50. The summed E-state index contributed by atoms with van der Waals surface area (Å²) in [6.07, 6.45) is 11.4. The molecule has 0 saturated heterocycles. The topological polar surface area (TPSA) is 115 Å². The van der Waals surface area contributed by atoms with Gasteiger partial charge in [0.15, 0.2) is 5.66 Å². The molecule has 0 amide bonds. The number of anilines is 1. The highest BCUT2D eigenvalue weighted by molar-refractivity contribution is 9.10. The molecule has 5 rings (SSSR count). The van der Waals surface area contributed by atoms with Crippen LogP contribution in [0.3, 0.4) is 0 Å². The van der Waals surface area contributed by atoms with Crippen molar-refractivity contribution in [1.29, 1.82) is 0 Å². The molecule has 210 valence electrons. The third-order valence-corrected chi connectivity index (χ3v) is 8.38. The van der Waals surface area contributed by atoms with Gasteiger partial charge >= 0.3 is 0 Å². The van der Waals surface area contributed by atoms with Crippen LogP contribution in [0.15, 0.2) is 101 Å². The van der Waals surface area contributed by atoms with Gasteiger partial charge in [0.25, 0.3) is 0 Å². The normalized spacial score (nSPS) is 28.1. The smallest absolute Gasteiger partial charge is 0.213 e. The number of hydrogen-bond donors (Lipinski definition) is 3. The van der Waals surface area contributed by atoms with E-state index in [9.17, 15) is 8.42 Å². The van der Waals surface area contributed by atoms with Gasteiger partial charge in [-0.25, -0.2) is 17.8 Å². The first-order chi connectivity index (χ1) is 19.1. The molecule has 1 aliphatic carbocycles. The maximum absolute atomic E-state index is 15.8. The summed E-state index contributed by atoms with van der Waals surface area (Å²) in [5.41, 5.74) is 9.15. The number of rotatable bonds is 9. The van der Waals surface area contributed by atoms with Crippen molar-refractivity contribution in [3.05, 3.63) is 113 Å². The molecular formula is C29H30BrFN4O4S. The number of nitrogens with zero attached hydrogens (tertiary/aromatic N) is 1. The summed E-state index contributed by atoms with van der Waals surface area (Å²) in [4.78, 5) is 4.59. The van der Waals surface area contributed by atoms with Gasteiger partial charge in [0, 0.05) is 35.8 Å². The quantitative estimate of drug-likeness (QED) is 0.277. The van der Waals surface area contributed by atoms with Gasteiger partial charge in [-0.15, -0.1) is 0 Å². The summed E-state index contributed by atoms with van der Waals surface area (Å²) in [5, 5.41) is 6.09. The average Bonchev–Trinajstić information content (AvgIpc) is 3.39. The predicted molar refractivity (Wildman–Crippen MR) is 158 cm³/mol. The number of nitrogens with two attached hydrogens (primary N) is 1. The molecule has 0 spiro atoms. The van der Waals surface area contributed by atoms with Crippen LogP contribution in [0.4, 0.5) is 10.1 Å². The van der Waals surface area contributed by atoms with Crippen LogP contribution in [0.25, 0.3) is 0 Å². The summed E-state index contributed by atoms with van der Waals surface area (Å²) in [6.45, 7) is 0.468. The Morgan fingerprint density at radius 1 is 1.27 bits per heavy atom. The fourth-order valence-corrected chi connectivity index (χ4v) is 5.73. The minimum Gasteiger partial charge on any atom is -0.480 e. The number of ether oxygens (including phenoxy) is 2. The van der Waals surface area contributed by atoms with Crippen molar-refractivity contribution in [2.24, 2.45) is 10.7 Å². The van der Waals surface area contributed by atoms with E-state index in [4.69, 9.17) is 15.2 Å². The van der Waals surface area contributed by atoms with E-state index in [-0.39, 0.29) is 18.9 Å². The lowest BCUT2D eigenvalue weighted by Gasteiger charge is -2.40. The summed E-state index contributed by atoms with van der Waals surface area (Å²) < 4.78 is 48.7. The molecule has 2 aliphatic heterocycles. The number of alkyl halides is 2. The Morgan fingerprint density at radius 2 is 2.08 bits per heavy atom. The van der Waals surface area contributed by atoms with E-state index >= 15 is 4.39 Å². The van der Waals surface area contributed by atoms with E-state index in [2.05, 4.69) is 31.6 Å². The fourth-order valence-electron chi connectivity index (χ4n) is 4.71. The molecule has 2 heterocycles. The molecule has 3 aliphatic rings. The van der Waals surface area contributed by atoms with Gasteiger partial charge in [0.2, 0.25) is 4.58 Å². The van der Waals surface area contributed by atoms with Gasteiger partial charge in [-0.3, -0.25) is 5.73 Å². The maximum Gasteiger partial charge on any atom is 0.213 e. The number of sulfone groups is 1. The number of allylic oxidation sites excluding steroid dienone is 3. The first kappa shape index (κ1) is 28.3. The van der Waals surface area contributed by atoms with Gasteiger partial charge in [-0.05, 0) is 57.4 Å². The molecule has 2 aromatic carbocycles. The lowest BCUT2D eigenvalue weighted by atomic mass is 9.82. The first-order valence-corrected chi connectivity index (χ1v) is 15.5. The second-order valence-electron chi connectivity index (χ2n) is 9.83. The van der Waals surface area contributed by atoms with E-state index in [1.165, 1.54) is 18.7 Å². The third kappa shape index (κ3) is 6.22. The number of fused-ring (bicyclic) bond motifs is 1. The van der Waals surface area contributed by atoms with E-state index in [0.717, 1.165) is 16.8 Å². The molecule has 0 fully saturated rings. The van der Waals surface area contributed by atoms with Gasteiger partial charge in [0.1, 0.15) is 27.8 Å². The fraction of sp³-hybridized carbons (Fsp3) is 0.276. The Morgan fingerprint density at radius 3 is 2.85 bits per heavy atom. The zero-order valence-electron chi connectivity index (χ0n) is 21.8. The van der Waals surface area contributed by atoms with Gasteiger partial charge in [-0.1, -0.05) is 48.6 Å². The van der Waals surface area contributed by atoms with Crippen molar-refractivity contribution in [2.45, 2.75) is 29.1 Å². The molecule has 40 heavy (non-hydrogen) atoms. The minimum absolute atomic E-state index is 0.0243. The van der Waals surface area contributed by atoms with E-state index in [1.54, 1.807) is 18.4 Å². The number of benzene rings is 2. The van der Waals surface area contributed by atoms with Gasteiger partial charge in [0.05, 0.1) is 18.7 Å². The number of halogens is 2. The first-order valence-electron chi connectivity index (χ1n) is 12.7. The monoisotopic (exact) mass is 628 g/mol. The van der Waals surface area contributed by atoms with Crippen LogP contribution in [0.2, 0.25) is 0 Å².